The van der Waals surface area contributed by atoms with Gasteiger partial charge in [0.25, 0.3) is 5.91 Å². The van der Waals surface area contributed by atoms with Gasteiger partial charge in [-0.15, -0.1) is 11.6 Å². The Hall–Kier alpha value is -0.750. The Morgan fingerprint density at radius 1 is 1.47 bits per heavy atom. The van der Waals surface area contributed by atoms with E-state index < -0.39 is 17.6 Å². The third-order valence-corrected chi connectivity index (χ3v) is 3.02. The average molecular weight is 359 g/mol. The lowest BCUT2D eigenvalue weighted by Gasteiger charge is -2.21. The number of carbonyl (C=O) groups excluding carboxylic acids is 1. The molecule has 0 N–H and O–H groups in total. The first kappa shape index (κ1) is 16.3. The predicted octanol–water partition coefficient (Wildman–Crippen LogP) is 4.17. The lowest BCUT2D eigenvalue weighted by atomic mass is 10.1. The highest BCUT2D eigenvalue weighted by molar-refractivity contribution is 9.10. The van der Waals surface area contributed by atoms with Crippen LogP contribution in [0, 0.1) is 0 Å². The Kier molecular flexibility index (Phi) is 5.26. The molecule has 0 aliphatic rings. The van der Waals surface area contributed by atoms with Crippen molar-refractivity contribution in [2.75, 3.05) is 13.6 Å². The third kappa shape index (κ3) is 4.38. The molecule has 0 aliphatic carbocycles. The monoisotopic (exact) mass is 357 g/mol. The maximum atomic E-state index is 12.9. The summed E-state index contributed by atoms with van der Waals surface area (Å²) in [7, 11) is 1.42. The van der Waals surface area contributed by atoms with Gasteiger partial charge in [-0.25, -0.2) is 0 Å². The number of benzene rings is 1. The molecular weight excluding hydrogens is 346 g/mol. The van der Waals surface area contributed by atoms with Gasteiger partial charge in [0, 0.05) is 23.4 Å². The molecule has 0 saturated heterocycles. The van der Waals surface area contributed by atoms with Gasteiger partial charge < -0.3 is 4.90 Å². The number of amides is 1. The standard InChI is InChI=1S/C12H12BrClF3NO/c1-7(14)6-18(2)11(19)9-4-3-8(13)5-10(9)12(15,16)17/h3-5,7H,6H2,1-2H3. The van der Waals surface area contributed by atoms with Gasteiger partial charge in [-0.3, -0.25) is 4.79 Å². The van der Waals surface area contributed by atoms with Gasteiger partial charge in [0.1, 0.15) is 0 Å². The van der Waals surface area contributed by atoms with Crippen molar-refractivity contribution in [1.29, 1.82) is 0 Å². The fourth-order valence-corrected chi connectivity index (χ4v) is 2.17. The Morgan fingerprint density at radius 2 is 2.05 bits per heavy atom. The first-order valence-corrected chi connectivity index (χ1v) is 6.62. The van der Waals surface area contributed by atoms with E-state index in [-0.39, 0.29) is 22.0 Å². The minimum atomic E-state index is -4.58. The van der Waals surface area contributed by atoms with Crippen LogP contribution < -0.4 is 0 Å². The molecule has 0 aliphatic heterocycles. The smallest absolute Gasteiger partial charge is 0.340 e. The van der Waals surface area contributed by atoms with Crippen LogP contribution in [0.25, 0.3) is 0 Å². The minimum absolute atomic E-state index is 0.174. The SMILES string of the molecule is CC(Cl)CN(C)C(=O)c1ccc(Br)cc1C(F)(F)F. The number of hydrogen-bond donors (Lipinski definition) is 0. The van der Waals surface area contributed by atoms with Crippen LogP contribution >= 0.6 is 27.5 Å². The highest BCUT2D eigenvalue weighted by Gasteiger charge is 2.36. The highest BCUT2D eigenvalue weighted by Crippen LogP contribution is 2.34. The summed E-state index contributed by atoms with van der Waals surface area (Å²) >= 11 is 8.70. The van der Waals surface area contributed by atoms with Gasteiger partial charge in [0.05, 0.1) is 11.1 Å². The summed E-state index contributed by atoms with van der Waals surface area (Å²) in [4.78, 5) is 13.2. The topological polar surface area (TPSA) is 20.3 Å². The minimum Gasteiger partial charge on any atom is -0.340 e. The van der Waals surface area contributed by atoms with E-state index in [1.54, 1.807) is 6.92 Å². The van der Waals surface area contributed by atoms with Crippen LogP contribution in [0.4, 0.5) is 13.2 Å². The van der Waals surface area contributed by atoms with Crippen molar-refractivity contribution in [3.05, 3.63) is 33.8 Å². The summed E-state index contributed by atoms with van der Waals surface area (Å²) < 4.78 is 39.0. The van der Waals surface area contributed by atoms with Crippen LogP contribution in [-0.2, 0) is 6.18 Å². The van der Waals surface area contributed by atoms with Gasteiger partial charge >= 0.3 is 6.18 Å². The van der Waals surface area contributed by atoms with E-state index in [9.17, 15) is 18.0 Å². The number of rotatable bonds is 3. The van der Waals surface area contributed by atoms with Crippen LogP contribution in [0.2, 0.25) is 0 Å². The molecule has 0 aromatic heterocycles. The van der Waals surface area contributed by atoms with Crippen LogP contribution in [0.15, 0.2) is 22.7 Å². The normalized spacial score (nSPS) is 13.2. The molecule has 0 heterocycles. The zero-order chi connectivity index (χ0) is 14.8. The van der Waals surface area contributed by atoms with Gasteiger partial charge in [-0.1, -0.05) is 15.9 Å². The Balaban J connectivity index is 3.16. The number of halogens is 5. The summed E-state index contributed by atoms with van der Waals surface area (Å²) in [5, 5.41) is -0.335. The van der Waals surface area contributed by atoms with Crippen molar-refractivity contribution >= 4 is 33.4 Å². The number of hydrogen-bond acceptors (Lipinski definition) is 1. The Morgan fingerprint density at radius 3 is 2.53 bits per heavy atom. The maximum Gasteiger partial charge on any atom is 0.417 e. The summed E-state index contributed by atoms with van der Waals surface area (Å²) in [6.07, 6.45) is -4.58. The molecule has 0 saturated carbocycles. The number of alkyl halides is 4. The molecule has 0 spiro atoms. The molecule has 0 bridgehead atoms. The molecule has 2 nitrogen and oxygen atoms in total. The van der Waals surface area contributed by atoms with Crippen molar-refractivity contribution < 1.29 is 18.0 Å². The van der Waals surface area contributed by atoms with Gasteiger partial charge in [0.15, 0.2) is 0 Å². The fourth-order valence-electron chi connectivity index (χ4n) is 1.60. The molecule has 1 aromatic carbocycles. The van der Waals surface area contributed by atoms with E-state index in [1.807, 2.05) is 0 Å². The molecule has 106 valence electrons. The largest absolute Gasteiger partial charge is 0.417 e. The predicted molar refractivity (Wildman–Crippen MR) is 71.4 cm³/mol. The van der Waals surface area contributed by atoms with E-state index in [2.05, 4.69) is 15.9 Å². The van der Waals surface area contributed by atoms with Crippen molar-refractivity contribution in [3.8, 4) is 0 Å². The maximum absolute atomic E-state index is 12.9. The lowest BCUT2D eigenvalue weighted by Crippen LogP contribution is -2.32. The molecule has 7 heteroatoms. The second-order valence-electron chi connectivity index (χ2n) is 4.15. The van der Waals surface area contributed by atoms with Crippen LogP contribution in [-0.4, -0.2) is 29.8 Å². The molecule has 1 rings (SSSR count). The Labute approximate surface area is 122 Å². The molecule has 19 heavy (non-hydrogen) atoms. The first-order chi connectivity index (χ1) is 8.62. The molecule has 0 fully saturated rings. The lowest BCUT2D eigenvalue weighted by molar-refractivity contribution is -0.138. The molecule has 1 aromatic rings. The van der Waals surface area contributed by atoms with E-state index in [0.717, 1.165) is 12.1 Å². The molecular formula is C12H12BrClF3NO. The fraction of sp³-hybridized carbons (Fsp3) is 0.417. The van der Waals surface area contributed by atoms with Crippen LogP contribution in [0.1, 0.15) is 22.8 Å². The Bertz CT molecular complexity index is 477. The van der Waals surface area contributed by atoms with Crippen LogP contribution in [0.5, 0.6) is 0 Å². The van der Waals surface area contributed by atoms with Crippen molar-refractivity contribution in [1.82, 2.24) is 4.90 Å². The number of carbonyl (C=O) groups is 1. The molecule has 0 radical (unpaired) electrons. The summed E-state index contributed by atoms with van der Waals surface area (Å²) in [5.41, 5.74) is -1.34. The van der Waals surface area contributed by atoms with Crippen molar-refractivity contribution in [2.24, 2.45) is 0 Å². The summed E-state index contributed by atoms with van der Waals surface area (Å²) in [5.74, 6) is -0.702. The third-order valence-electron chi connectivity index (χ3n) is 2.39. The van der Waals surface area contributed by atoms with E-state index in [0.29, 0.717) is 0 Å². The summed E-state index contributed by atoms with van der Waals surface area (Å²) in [6.45, 7) is 1.84. The summed E-state index contributed by atoms with van der Waals surface area (Å²) in [6, 6.07) is 3.45. The molecule has 1 atom stereocenters. The second kappa shape index (κ2) is 6.13. The van der Waals surface area contributed by atoms with Crippen molar-refractivity contribution in [3.63, 3.8) is 0 Å². The first-order valence-electron chi connectivity index (χ1n) is 5.39. The van der Waals surface area contributed by atoms with Gasteiger partial charge in [-0.05, 0) is 25.1 Å². The van der Waals surface area contributed by atoms with Crippen molar-refractivity contribution in [2.45, 2.75) is 18.5 Å². The van der Waals surface area contributed by atoms with E-state index >= 15 is 0 Å². The van der Waals surface area contributed by atoms with Crippen LogP contribution in [0.3, 0.4) is 0 Å². The average Bonchev–Trinajstić information content (AvgIpc) is 2.25. The second-order valence-corrected chi connectivity index (χ2v) is 5.81. The molecule has 1 amide bonds. The molecule has 1 unspecified atom stereocenters. The highest BCUT2D eigenvalue weighted by atomic mass is 79.9. The zero-order valence-corrected chi connectivity index (χ0v) is 12.6. The zero-order valence-electron chi connectivity index (χ0n) is 10.3. The van der Waals surface area contributed by atoms with E-state index in [1.165, 1.54) is 18.0 Å². The van der Waals surface area contributed by atoms with Gasteiger partial charge in [-0.2, -0.15) is 13.2 Å². The number of nitrogens with zero attached hydrogens (tertiary/aromatic N) is 1. The quantitative estimate of drug-likeness (QED) is 0.743. The van der Waals surface area contributed by atoms with E-state index in [4.69, 9.17) is 11.6 Å². The van der Waals surface area contributed by atoms with Gasteiger partial charge in [0.2, 0.25) is 0 Å².